The van der Waals surface area contributed by atoms with Crippen molar-refractivity contribution in [2.45, 2.75) is 12.6 Å². The number of benzene rings is 2. The maximum atomic E-state index is 12.2. The van der Waals surface area contributed by atoms with E-state index < -0.39 is 12.1 Å². The maximum Gasteiger partial charge on any atom is 0.471 e. The van der Waals surface area contributed by atoms with Crippen LogP contribution < -0.4 is 10.6 Å². The smallest absolute Gasteiger partial charge is 0.326 e. The average molecular weight is 322 g/mol. The third-order valence-electron chi connectivity index (χ3n) is 2.87. The van der Waals surface area contributed by atoms with Crippen LogP contribution in [0.15, 0.2) is 54.6 Å². The van der Waals surface area contributed by atoms with E-state index in [0.717, 1.165) is 5.56 Å². The van der Waals surface area contributed by atoms with Crippen molar-refractivity contribution >= 4 is 23.2 Å². The summed E-state index contributed by atoms with van der Waals surface area (Å²) in [6.07, 6.45) is -4.83. The average Bonchev–Trinajstić information content (AvgIpc) is 2.47. The number of hydrogen-bond acceptors (Lipinski definition) is 2. The van der Waals surface area contributed by atoms with E-state index in [4.69, 9.17) is 0 Å². The van der Waals surface area contributed by atoms with Crippen LogP contribution in [0, 0.1) is 0 Å². The molecule has 0 saturated heterocycles. The molecule has 0 radical (unpaired) electrons. The Morgan fingerprint density at radius 1 is 0.870 bits per heavy atom. The Bertz CT molecular complexity index is 700. The summed E-state index contributed by atoms with van der Waals surface area (Å²) < 4.78 is 36.6. The van der Waals surface area contributed by atoms with Crippen LogP contribution in [-0.2, 0) is 16.0 Å². The van der Waals surface area contributed by atoms with Crippen molar-refractivity contribution in [1.29, 1.82) is 0 Å². The minimum atomic E-state index is -4.97. The number of nitrogens with one attached hydrogen (secondary N) is 2. The molecule has 7 heteroatoms. The molecular weight excluding hydrogens is 309 g/mol. The zero-order valence-corrected chi connectivity index (χ0v) is 11.9. The first kappa shape index (κ1) is 16.5. The lowest BCUT2D eigenvalue weighted by atomic mass is 10.1. The lowest BCUT2D eigenvalue weighted by Gasteiger charge is -2.10. The van der Waals surface area contributed by atoms with Crippen molar-refractivity contribution in [3.8, 4) is 0 Å². The van der Waals surface area contributed by atoms with Crippen LogP contribution in [0.4, 0.5) is 24.5 Å². The third-order valence-corrected chi connectivity index (χ3v) is 2.87. The summed E-state index contributed by atoms with van der Waals surface area (Å²) in [6, 6.07) is 14.5. The summed E-state index contributed by atoms with van der Waals surface area (Å²) in [5, 5.41) is 4.30. The molecule has 0 aliphatic rings. The first-order valence-electron chi connectivity index (χ1n) is 6.66. The quantitative estimate of drug-likeness (QED) is 0.907. The van der Waals surface area contributed by atoms with Crippen LogP contribution in [0.2, 0.25) is 0 Å². The molecule has 2 aromatic carbocycles. The predicted molar refractivity (Wildman–Crippen MR) is 79.9 cm³/mol. The molecule has 0 atom stereocenters. The Morgan fingerprint density at radius 2 is 1.48 bits per heavy atom. The van der Waals surface area contributed by atoms with Crippen molar-refractivity contribution in [2.24, 2.45) is 0 Å². The van der Waals surface area contributed by atoms with E-state index >= 15 is 0 Å². The Hall–Kier alpha value is -2.83. The molecule has 2 amide bonds. The maximum absolute atomic E-state index is 12.2. The van der Waals surface area contributed by atoms with Gasteiger partial charge in [-0.1, -0.05) is 36.4 Å². The first-order valence-corrected chi connectivity index (χ1v) is 6.66. The predicted octanol–water partition coefficient (Wildman–Crippen LogP) is 3.37. The first-order chi connectivity index (χ1) is 10.8. The fourth-order valence-electron chi connectivity index (χ4n) is 1.86. The molecule has 0 aliphatic carbocycles. The van der Waals surface area contributed by atoms with Crippen LogP contribution >= 0.6 is 0 Å². The highest BCUT2D eigenvalue weighted by Gasteiger charge is 2.38. The van der Waals surface area contributed by atoms with Gasteiger partial charge in [0, 0.05) is 11.4 Å². The number of carbonyl (C=O) groups is 2. The number of amides is 2. The summed E-state index contributed by atoms with van der Waals surface area (Å²) in [7, 11) is 0. The van der Waals surface area contributed by atoms with Crippen molar-refractivity contribution in [2.75, 3.05) is 10.6 Å². The molecular formula is C16H13F3N2O2. The summed E-state index contributed by atoms with van der Waals surface area (Å²) in [5.41, 5.74) is 1.06. The molecule has 0 heterocycles. The van der Waals surface area contributed by atoms with E-state index in [1.165, 1.54) is 24.3 Å². The normalized spacial score (nSPS) is 10.9. The highest BCUT2D eigenvalue weighted by Crippen LogP contribution is 2.20. The van der Waals surface area contributed by atoms with Gasteiger partial charge in [0.1, 0.15) is 0 Å². The van der Waals surface area contributed by atoms with Crippen LogP contribution in [-0.4, -0.2) is 18.0 Å². The summed E-state index contributed by atoms with van der Waals surface area (Å²) >= 11 is 0. The fourth-order valence-corrected chi connectivity index (χ4v) is 1.86. The van der Waals surface area contributed by atoms with Gasteiger partial charge in [-0.3, -0.25) is 9.59 Å². The molecule has 0 bridgehead atoms. The Morgan fingerprint density at radius 3 is 2.09 bits per heavy atom. The zero-order chi connectivity index (χ0) is 16.9. The van der Waals surface area contributed by atoms with E-state index in [0.29, 0.717) is 5.69 Å². The molecule has 0 aliphatic heterocycles. The van der Waals surface area contributed by atoms with E-state index in [9.17, 15) is 22.8 Å². The lowest BCUT2D eigenvalue weighted by Crippen LogP contribution is -2.29. The van der Waals surface area contributed by atoms with Gasteiger partial charge < -0.3 is 10.6 Å². The van der Waals surface area contributed by atoms with Gasteiger partial charge in [0.05, 0.1) is 6.42 Å². The molecule has 0 unspecified atom stereocenters. The van der Waals surface area contributed by atoms with E-state index in [-0.39, 0.29) is 18.0 Å². The standard InChI is InChI=1S/C16H13F3N2O2/c17-16(18,19)15(23)21-13-8-4-7-12(10-13)20-14(22)9-11-5-2-1-3-6-11/h1-8,10H,9H2,(H,20,22)(H,21,23). The highest BCUT2D eigenvalue weighted by molar-refractivity contribution is 5.96. The number of rotatable bonds is 4. The largest absolute Gasteiger partial charge is 0.471 e. The van der Waals surface area contributed by atoms with Crippen LogP contribution in [0.1, 0.15) is 5.56 Å². The van der Waals surface area contributed by atoms with Gasteiger partial charge in [0.2, 0.25) is 5.91 Å². The van der Waals surface area contributed by atoms with Gasteiger partial charge >= 0.3 is 12.1 Å². The van der Waals surface area contributed by atoms with E-state index in [2.05, 4.69) is 5.32 Å². The Kier molecular flexibility index (Phi) is 5.00. The van der Waals surface area contributed by atoms with Gasteiger partial charge in [-0.05, 0) is 23.8 Å². The van der Waals surface area contributed by atoms with Gasteiger partial charge in [-0.15, -0.1) is 0 Å². The molecule has 23 heavy (non-hydrogen) atoms. The number of hydrogen-bond donors (Lipinski definition) is 2. The van der Waals surface area contributed by atoms with Crippen molar-refractivity contribution in [3.05, 3.63) is 60.2 Å². The fraction of sp³-hybridized carbons (Fsp3) is 0.125. The molecule has 4 nitrogen and oxygen atoms in total. The Balaban J connectivity index is 2.00. The lowest BCUT2D eigenvalue weighted by molar-refractivity contribution is -0.167. The molecule has 0 aromatic heterocycles. The SMILES string of the molecule is O=C(Cc1ccccc1)Nc1cccc(NC(=O)C(F)(F)F)c1. The second-order valence-corrected chi connectivity index (χ2v) is 4.74. The molecule has 0 saturated carbocycles. The minimum Gasteiger partial charge on any atom is -0.326 e. The second-order valence-electron chi connectivity index (χ2n) is 4.74. The van der Waals surface area contributed by atoms with Crippen molar-refractivity contribution in [3.63, 3.8) is 0 Å². The van der Waals surface area contributed by atoms with Crippen molar-refractivity contribution < 1.29 is 22.8 Å². The molecule has 0 fully saturated rings. The second kappa shape index (κ2) is 6.95. The number of halogens is 3. The number of anilines is 2. The topological polar surface area (TPSA) is 58.2 Å². The molecule has 2 aromatic rings. The highest BCUT2D eigenvalue weighted by atomic mass is 19.4. The van der Waals surface area contributed by atoms with Crippen LogP contribution in [0.5, 0.6) is 0 Å². The van der Waals surface area contributed by atoms with Gasteiger partial charge in [-0.25, -0.2) is 0 Å². The van der Waals surface area contributed by atoms with Crippen molar-refractivity contribution in [1.82, 2.24) is 0 Å². The third kappa shape index (κ3) is 5.14. The van der Waals surface area contributed by atoms with Crippen LogP contribution in [0.3, 0.4) is 0 Å². The summed E-state index contributed by atoms with van der Waals surface area (Å²) in [4.78, 5) is 22.8. The van der Waals surface area contributed by atoms with E-state index in [1.807, 2.05) is 6.07 Å². The van der Waals surface area contributed by atoms with Gasteiger partial charge in [0.15, 0.2) is 0 Å². The summed E-state index contributed by atoms with van der Waals surface area (Å²) in [5.74, 6) is -2.37. The number of alkyl halides is 3. The van der Waals surface area contributed by atoms with E-state index in [1.54, 1.807) is 29.6 Å². The monoisotopic (exact) mass is 322 g/mol. The Labute approximate surface area is 130 Å². The number of carbonyl (C=O) groups excluding carboxylic acids is 2. The van der Waals surface area contributed by atoms with Gasteiger partial charge in [-0.2, -0.15) is 13.2 Å². The molecule has 2 N–H and O–H groups in total. The minimum absolute atomic E-state index is 0.0511. The van der Waals surface area contributed by atoms with Gasteiger partial charge in [0.25, 0.3) is 0 Å². The summed E-state index contributed by atoms with van der Waals surface area (Å²) in [6.45, 7) is 0. The zero-order valence-electron chi connectivity index (χ0n) is 11.9. The molecule has 120 valence electrons. The van der Waals surface area contributed by atoms with Crippen LogP contribution in [0.25, 0.3) is 0 Å². The molecule has 2 rings (SSSR count). The molecule has 0 spiro atoms.